The largest absolute Gasteiger partial charge is 0.338 e. The number of hydrogen-bond acceptors (Lipinski definition) is 1. The van der Waals surface area contributed by atoms with Crippen LogP contribution in [0.1, 0.15) is 18.4 Å². The number of rotatable bonds is 5. The van der Waals surface area contributed by atoms with Crippen LogP contribution in [0.2, 0.25) is 5.02 Å². The van der Waals surface area contributed by atoms with Crippen molar-refractivity contribution in [2.45, 2.75) is 19.3 Å². The maximum Gasteiger partial charge on any atom is 0.318 e. The van der Waals surface area contributed by atoms with E-state index in [-0.39, 0.29) is 6.03 Å². The normalized spacial score (nSPS) is 14.7. The Morgan fingerprint density at radius 1 is 1.44 bits per heavy atom. The standard InChI is InChI=1S/C14H17ClN2O/c15-13-3-1-2-12(10-13)7-9-17-14(18)16-8-6-11-4-5-11/h1-3,6,8,10-11H,4-5,7,9H2,(H2,16,17,18)/b8-6+. The Labute approximate surface area is 112 Å². The third-order valence-corrected chi connectivity index (χ3v) is 3.03. The molecule has 1 aliphatic rings. The van der Waals surface area contributed by atoms with Crippen molar-refractivity contribution in [2.75, 3.05) is 6.54 Å². The summed E-state index contributed by atoms with van der Waals surface area (Å²) in [7, 11) is 0. The van der Waals surface area contributed by atoms with Crippen LogP contribution in [-0.2, 0) is 6.42 Å². The van der Waals surface area contributed by atoms with Crippen molar-refractivity contribution in [3.05, 3.63) is 47.1 Å². The van der Waals surface area contributed by atoms with E-state index in [1.54, 1.807) is 6.20 Å². The molecule has 0 radical (unpaired) electrons. The van der Waals surface area contributed by atoms with Crippen LogP contribution >= 0.6 is 11.6 Å². The highest BCUT2D eigenvalue weighted by atomic mass is 35.5. The molecule has 0 saturated heterocycles. The molecule has 96 valence electrons. The van der Waals surface area contributed by atoms with Crippen molar-refractivity contribution in [3.63, 3.8) is 0 Å². The predicted octanol–water partition coefficient (Wildman–Crippen LogP) is 3.11. The maximum atomic E-state index is 11.4. The lowest BCUT2D eigenvalue weighted by Crippen LogP contribution is -2.33. The first-order valence-electron chi connectivity index (χ1n) is 6.19. The molecule has 2 rings (SSSR count). The van der Waals surface area contributed by atoms with E-state index in [0.29, 0.717) is 12.5 Å². The van der Waals surface area contributed by atoms with Gasteiger partial charge in [0.2, 0.25) is 0 Å². The third-order valence-electron chi connectivity index (χ3n) is 2.79. The summed E-state index contributed by atoms with van der Waals surface area (Å²) in [4.78, 5) is 11.4. The van der Waals surface area contributed by atoms with Crippen molar-refractivity contribution >= 4 is 17.6 Å². The summed E-state index contributed by atoms with van der Waals surface area (Å²) in [5.41, 5.74) is 1.12. The van der Waals surface area contributed by atoms with E-state index in [4.69, 9.17) is 11.6 Å². The predicted molar refractivity (Wildman–Crippen MR) is 73.6 cm³/mol. The molecule has 1 aromatic carbocycles. The molecule has 0 spiro atoms. The summed E-state index contributed by atoms with van der Waals surface area (Å²) >= 11 is 5.88. The topological polar surface area (TPSA) is 41.1 Å². The average Bonchev–Trinajstić information content (AvgIpc) is 3.13. The quantitative estimate of drug-likeness (QED) is 0.843. The fourth-order valence-corrected chi connectivity index (χ4v) is 1.83. The van der Waals surface area contributed by atoms with E-state index < -0.39 is 0 Å². The lowest BCUT2D eigenvalue weighted by Gasteiger charge is -2.05. The lowest BCUT2D eigenvalue weighted by atomic mass is 10.1. The second-order valence-electron chi connectivity index (χ2n) is 4.48. The van der Waals surface area contributed by atoms with Gasteiger partial charge in [0.15, 0.2) is 0 Å². The zero-order valence-corrected chi connectivity index (χ0v) is 10.9. The molecule has 2 N–H and O–H groups in total. The first-order valence-corrected chi connectivity index (χ1v) is 6.57. The Bertz CT molecular complexity index is 441. The number of allylic oxidation sites excluding steroid dienone is 1. The highest BCUT2D eigenvalue weighted by molar-refractivity contribution is 6.30. The van der Waals surface area contributed by atoms with Gasteiger partial charge in [0.25, 0.3) is 0 Å². The van der Waals surface area contributed by atoms with Crippen LogP contribution in [0.3, 0.4) is 0 Å². The molecule has 0 aliphatic heterocycles. The minimum absolute atomic E-state index is 0.158. The summed E-state index contributed by atoms with van der Waals surface area (Å²) in [6.07, 6.45) is 7.03. The average molecular weight is 265 g/mol. The molecule has 18 heavy (non-hydrogen) atoms. The molecular formula is C14H17ClN2O. The number of amides is 2. The molecule has 0 atom stereocenters. The molecule has 1 saturated carbocycles. The van der Waals surface area contributed by atoms with Gasteiger partial charge >= 0.3 is 6.03 Å². The van der Waals surface area contributed by atoms with Gasteiger partial charge in [-0.25, -0.2) is 4.79 Å². The number of urea groups is 1. The molecule has 1 aromatic rings. The zero-order valence-electron chi connectivity index (χ0n) is 10.2. The van der Waals surface area contributed by atoms with Gasteiger partial charge in [-0.05, 0) is 42.9 Å². The van der Waals surface area contributed by atoms with E-state index in [2.05, 4.69) is 10.6 Å². The van der Waals surface area contributed by atoms with Gasteiger partial charge in [0.05, 0.1) is 0 Å². The molecule has 1 fully saturated rings. The van der Waals surface area contributed by atoms with E-state index in [1.165, 1.54) is 12.8 Å². The van der Waals surface area contributed by atoms with E-state index in [1.807, 2.05) is 30.3 Å². The number of benzene rings is 1. The minimum atomic E-state index is -0.158. The summed E-state index contributed by atoms with van der Waals surface area (Å²) < 4.78 is 0. The van der Waals surface area contributed by atoms with Crippen molar-refractivity contribution in [2.24, 2.45) is 5.92 Å². The maximum absolute atomic E-state index is 11.4. The van der Waals surface area contributed by atoms with Crippen LogP contribution in [0.4, 0.5) is 4.79 Å². The second kappa shape index (κ2) is 6.45. The Morgan fingerprint density at radius 2 is 2.28 bits per heavy atom. The molecule has 4 heteroatoms. The highest BCUT2D eigenvalue weighted by Gasteiger charge is 2.16. The summed E-state index contributed by atoms with van der Waals surface area (Å²) in [5.74, 6) is 0.678. The Balaban J connectivity index is 1.63. The molecule has 0 bridgehead atoms. The van der Waals surface area contributed by atoms with Gasteiger partial charge in [0, 0.05) is 17.8 Å². The summed E-state index contributed by atoms with van der Waals surface area (Å²) in [6, 6.07) is 7.50. The smallest absolute Gasteiger partial charge is 0.318 e. The van der Waals surface area contributed by atoms with Gasteiger partial charge in [-0.1, -0.05) is 29.8 Å². The molecule has 0 unspecified atom stereocenters. The number of hydrogen-bond donors (Lipinski definition) is 2. The van der Waals surface area contributed by atoms with Gasteiger partial charge < -0.3 is 10.6 Å². The zero-order chi connectivity index (χ0) is 12.8. The first-order chi connectivity index (χ1) is 8.74. The van der Waals surface area contributed by atoms with Gasteiger partial charge in [0.1, 0.15) is 0 Å². The summed E-state index contributed by atoms with van der Waals surface area (Å²) in [5, 5.41) is 6.22. The van der Waals surface area contributed by atoms with Crippen LogP contribution in [-0.4, -0.2) is 12.6 Å². The molecule has 2 amide bonds. The first kappa shape index (κ1) is 13.0. The number of halogens is 1. The van der Waals surface area contributed by atoms with Crippen LogP contribution in [0.15, 0.2) is 36.5 Å². The van der Waals surface area contributed by atoms with Crippen LogP contribution in [0, 0.1) is 5.92 Å². The Kier molecular flexibility index (Phi) is 4.65. The third kappa shape index (κ3) is 4.80. The van der Waals surface area contributed by atoms with Crippen LogP contribution in [0.5, 0.6) is 0 Å². The summed E-state index contributed by atoms with van der Waals surface area (Å²) in [6.45, 7) is 0.601. The van der Waals surface area contributed by atoms with Crippen LogP contribution in [0.25, 0.3) is 0 Å². The lowest BCUT2D eigenvalue weighted by molar-refractivity contribution is 0.244. The van der Waals surface area contributed by atoms with Gasteiger partial charge in [-0.2, -0.15) is 0 Å². The molecular weight excluding hydrogens is 248 g/mol. The van der Waals surface area contributed by atoms with E-state index >= 15 is 0 Å². The van der Waals surface area contributed by atoms with Crippen molar-refractivity contribution in [1.29, 1.82) is 0 Å². The van der Waals surface area contributed by atoms with Crippen molar-refractivity contribution < 1.29 is 4.79 Å². The fourth-order valence-electron chi connectivity index (χ4n) is 1.61. The van der Waals surface area contributed by atoms with Gasteiger partial charge in [-0.15, -0.1) is 0 Å². The van der Waals surface area contributed by atoms with Crippen molar-refractivity contribution in [3.8, 4) is 0 Å². The highest BCUT2D eigenvalue weighted by Crippen LogP contribution is 2.29. The number of nitrogens with one attached hydrogen (secondary N) is 2. The molecule has 0 aromatic heterocycles. The number of carbonyl (C=O) groups excluding carboxylic acids is 1. The van der Waals surface area contributed by atoms with E-state index in [0.717, 1.165) is 17.0 Å². The second-order valence-corrected chi connectivity index (χ2v) is 4.91. The van der Waals surface area contributed by atoms with Crippen LogP contribution < -0.4 is 10.6 Å². The molecule has 1 aliphatic carbocycles. The molecule has 3 nitrogen and oxygen atoms in total. The molecule has 0 heterocycles. The number of carbonyl (C=O) groups is 1. The van der Waals surface area contributed by atoms with Crippen molar-refractivity contribution in [1.82, 2.24) is 10.6 Å². The minimum Gasteiger partial charge on any atom is -0.338 e. The Morgan fingerprint density at radius 3 is 3.00 bits per heavy atom. The Hall–Kier alpha value is -1.48. The van der Waals surface area contributed by atoms with E-state index in [9.17, 15) is 4.79 Å². The van der Waals surface area contributed by atoms with Gasteiger partial charge in [-0.3, -0.25) is 0 Å². The SMILES string of the molecule is O=C(N/C=C/C1CC1)NCCc1cccc(Cl)c1. The fraction of sp³-hybridized carbons (Fsp3) is 0.357. The monoisotopic (exact) mass is 264 g/mol.